The van der Waals surface area contributed by atoms with Crippen LogP contribution in [0.25, 0.3) is 0 Å². The lowest BCUT2D eigenvalue weighted by Gasteiger charge is -2.15. The zero-order chi connectivity index (χ0) is 13.4. The maximum Gasteiger partial charge on any atom is 0.137 e. The Bertz CT molecular complexity index is 345. The van der Waals surface area contributed by atoms with Gasteiger partial charge in [-0.1, -0.05) is 28.9 Å². The van der Waals surface area contributed by atoms with Crippen molar-refractivity contribution in [2.75, 3.05) is 19.8 Å². The molecule has 0 aliphatic heterocycles. The molecule has 2 atom stereocenters. The summed E-state index contributed by atoms with van der Waals surface area (Å²) in [4.78, 5) is 0. The molecule has 0 fully saturated rings. The van der Waals surface area contributed by atoms with Crippen molar-refractivity contribution in [1.29, 1.82) is 0 Å². The van der Waals surface area contributed by atoms with E-state index in [9.17, 15) is 5.11 Å². The Hall–Kier alpha value is -0.620. The zero-order valence-electron chi connectivity index (χ0n) is 10.6. The molecule has 0 heterocycles. The largest absolute Gasteiger partial charge is 0.491 e. The maximum absolute atomic E-state index is 9.77. The van der Waals surface area contributed by atoms with Crippen molar-refractivity contribution in [2.45, 2.75) is 25.5 Å². The van der Waals surface area contributed by atoms with Crippen molar-refractivity contribution in [2.24, 2.45) is 0 Å². The van der Waals surface area contributed by atoms with E-state index >= 15 is 0 Å². The van der Waals surface area contributed by atoms with Crippen LogP contribution >= 0.6 is 15.9 Å². The van der Waals surface area contributed by atoms with Crippen LogP contribution in [0.1, 0.15) is 13.3 Å². The first-order chi connectivity index (χ1) is 8.65. The lowest BCUT2D eigenvalue weighted by molar-refractivity contribution is -0.696. The van der Waals surface area contributed by atoms with E-state index in [2.05, 4.69) is 15.9 Å². The van der Waals surface area contributed by atoms with E-state index in [4.69, 9.17) is 9.84 Å². The van der Waals surface area contributed by atoms with Gasteiger partial charge in [-0.15, -0.1) is 0 Å². The SMILES string of the molecule is CC[C@H](CO)[NH2+]C[C@H](O)COc1cccc(Br)c1. The fourth-order valence-electron chi connectivity index (χ4n) is 1.54. The van der Waals surface area contributed by atoms with Crippen LogP contribution in [0.3, 0.4) is 0 Å². The highest BCUT2D eigenvalue weighted by molar-refractivity contribution is 9.10. The smallest absolute Gasteiger partial charge is 0.137 e. The maximum atomic E-state index is 9.77. The van der Waals surface area contributed by atoms with E-state index in [0.29, 0.717) is 6.54 Å². The van der Waals surface area contributed by atoms with Crippen LogP contribution in [-0.2, 0) is 0 Å². The van der Waals surface area contributed by atoms with E-state index in [0.717, 1.165) is 16.6 Å². The number of ether oxygens (including phenoxy) is 1. The van der Waals surface area contributed by atoms with Gasteiger partial charge in [-0.2, -0.15) is 0 Å². The van der Waals surface area contributed by atoms with Gasteiger partial charge in [0.25, 0.3) is 0 Å². The molecule has 0 unspecified atom stereocenters. The molecule has 5 heteroatoms. The van der Waals surface area contributed by atoms with E-state index in [-0.39, 0.29) is 19.3 Å². The molecule has 18 heavy (non-hydrogen) atoms. The van der Waals surface area contributed by atoms with Crippen molar-refractivity contribution in [3.05, 3.63) is 28.7 Å². The minimum absolute atomic E-state index is 0.135. The second-order valence-electron chi connectivity index (χ2n) is 4.24. The molecule has 4 nitrogen and oxygen atoms in total. The number of rotatable bonds is 8. The van der Waals surface area contributed by atoms with Crippen LogP contribution in [0.5, 0.6) is 5.75 Å². The molecule has 0 bridgehead atoms. The number of hydrogen-bond acceptors (Lipinski definition) is 3. The summed E-state index contributed by atoms with van der Waals surface area (Å²) >= 11 is 3.36. The standard InChI is InChI=1S/C13H20BrNO3/c1-2-11(8-16)15-7-12(17)9-18-13-5-3-4-10(14)6-13/h3-6,11-12,15-17H,2,7-9H2,1H3/p+1/t11-,12+/m1/s1. The predicted molar refractivity (Wildman–Crippen MR) is 73.6 cm³/mol. The van der Waals surface area contributed by atoms with Gasteiger partial charge in [0.2, 0.25) is 0 Å². The molecular weight excluding hydrogens is 298 g/mol. The number of nitrogens with two attached hydrogens (primary N) is 1. The Morgan fingerprint density at radius 1 is 1.44 bits per heavy atom. The molecule has 1 aromatic carbocycles. The molecule has 1 aromatic rings. The first kappa shape index (κ1) is 15.4. The van der Waals surface area contributed by atoms with Crippen LogP contribution in [0, 0.1) is 0 Å². The third kappa shape index (κ3) is 5.82. The van der Waals surface area contributed by atoms with Crippen LogP contribution in [0.15, 0.2) is 28.7 Å². The number of benzene rings is 1. The number of hydrogen-bond donors (Lipinski definition) is 3. The Kier molecular flexibility index (Phi) is 7.27. The molecule has 0 saturated heterocycles. The van der Waals surface area contributed by atoms with Gasteiger partial charge in [0, 0.05) is 4.47 Å². The summed E-state index contributed by atoms with van der Waals surface area (Å²) in [5.74, 6) is 0.734. The Balaban J connectivity index is 2.26. The number of aliphatic hydroxyl groups excluding tert-OH is 2. The molecule has 0 saturated carbocycles. The highest BCUT2D eigenvalue weighted by Gasteiger charge is 2.12. The number of halogens is 1. The highest BCUT2D eigenvalue weighted by Crippen LogP contribution is 2.17. The summed E-state index contributed by atoms with van der Waals surface area (Å²) in [7, 11) is 0. The first-order valence-corrected chi connectivity index (χ1v) is 6.95. The molecule has 102 valence electrons. The van der Waals surface area contributed by atoms with Crippen LogP contribution in [-0.4, -0.2) is 42.1 Å². The van der Waals surface area contributed by atoms with E-state index in [1.807, 2.05) is 36.5 Å². The molecular formula is C13H21BrNO3+. The fourth-order valence-corrected chi connectivity index (χ4v) is 1.92. The molecule has 0 radical (unpaired) electrons. The second kappa shape index (κ2) is 8.48. The molecule has 0 aliphatic carbocycles. The third-order valence-electron chi connectivity index (χ3n) is 2.74. The summed E-state index contributed by atoms with van der Waals surface area (Å²) in [6, 6.07) is 7.68. The summed E-state index contributed by atoms with van der Waals surface area (Å²) in [6.07, 6.45) is 0.347. The number of aliphatic hydroxyl groups is 2. The van der Waals surface area contributed by atoms with Gasteiger partial charge in [0.05, 0.1) is 6.61 Å². The van der Waals surface area contributed by atoms with E-state index in [1.165, 1.54) is 0 Å². The van der Waals surface area contributed by atoms with Crippen molar-refractivity contribution in [1.82, 2.24) is 0 Å². The summed E-state index contributed by atoms with van der Waals surface area (Å²) < 4.78 is 6.44. The van der Waals surface area contributed by atoms with Gasteiger partial charge in [0.15, 0.2) is 0 Å². The second-order valence-corrected chi connectivity index (χ2v) is 5.16. The van der Waals surface area contributed by atoms with Gasteiger partial charge < -0.3 is 20.3 Å². The molecule has 0 aromatic heterocycles. The highest BCUT2D eigenvalue weighted by atomic mass is 79.9. The van der Waals surface area contributed by atoms with Crippen LogP contribution in [0.2, 0.25) is 0 Å². The molecule has 1 rings (SSSR count). The third-order valence-corrected chi connectivity index (χ3v) is 3.23. The summed E-state index contributed by atoms with van der Waals surface area (Å²) in [5, 5.41) is 20.8. The monoisotopic (exact) mass is 318 g/mol. The van der Waals surface area contributed by atoms with Crippen molar-refractivity contribution in [3.8, 4) is 5.75 Å². The topological polar surface area (TPSA) is 66.3 Å². The number of quaternary nitrogens is 1. The lowest BCUT2D eigenvalue weighted by atomic mass is 10.2. The fraction of sp³-hybridized carbons (Fsp3) is 0.538. The first-order valence-electron chi connectivity index (χ1n) is 6.16. The van der Waals surface area contributed by atoms with E-state index < -0.39 is 6.10 Å². The average Bonchev–Trinajstić information content (AvgIpc) is 2.37. The molecule has 0 aliphatic rings. The summed E-state index contributed by atoms with van der Waals surface area (Å²) in [5.41, 5.74) is 0. The van der Waals surface area contributed by atoms with Crippen molar-refractivity contribution >= 4 is 15.9 Å². The normalized spacial score (nSPS) is 14.2. The van der Waals surface area contributed by atoms with Gasteiger partial charge >= 0.3 is 0 Å². The zero-order valence-corrected chi connectivity index (χ0v) is 12.1. The molecule has 4 N–H and O–H groups in total. The minimum Gasteiger partial charge on any atom is -0.491 e. The Morgan fingerprint density at radius 2 is 2.22 bits per heavy atom. The van der Waals surface area contributed by atoms with Gasteiger partial charge in [-0.3, -0.25) is 0 Å². The van der Waals surface area contributed by atoms with Crippen LogP contribution in [0.4, 0.5) is 0 Å². The van der Waals surface area contributed by atoms with Crippen molar-refractivity contribution < 1.29 is 20.3 Å². The minimum atomic E-state index is -0.537. The van der Waals surface area contributed by atoms with Crippen LogP contribution < -0.4 is 10.1 Å². The van der Waals surface area contributed by atoms with Gasteiger partial charge in [-0.05, 0) is 24.6 Å². The quantitative estimate of drug-likeness (QED) is 0.655. The lowest BCUT2D eigenvalue weighted by Crippen LogP contribution is -2.92. The predicted octanol–water partition coefficient (Wildman–Crippen LogP) is 0.523. The Labute approximate surface area is 116 Å². The Morgan fingerprint density at radius 3 is 2.83 bits per heavy atom. The van der Waals surface area contributed by atoms with Gasteiger partial charge in [0.1, 0.15) is 31.0 Å². The molecule has 0 amide bonds. The average molecular weight is 319 g/mol. The van der Waals surface area contributed by atoms with Crippen molar-refractivity contribution in [3.63, 3.8) is 0 Å². The summed E-state index contributed by atoms with van der Waals surface area (Å²) in [6.45, 7) is 2.94. The van der Waals surface area contributed by atoms with E-state index in [1.54, 1.807) is 0 Å². The van der Waals surface area contributed by atoms with Gasteiger partial charge in [-0.25, -0.2) is 0 Å². The molecule has 0 spiro atoms.